The summed E-state index contributed by atoms with van der Waals surface area (Å²) in [5.41, 5.74) is 2.90. The Labute approximate surface area is 115 Å². The van der Waals surface area contributed by atoms with Gasteiger partial charge in [-0.25, -0.2) is 0 Å². The summed E-state index contributed by atoms with van der Waals surface area (Å²) in [7, 11) is 2.22. The monoisotopic (exact) mass is 257 g/mol. The van der Waals surface area contributed by atoms with E-state index >= 15 is 0 Å². The van der Waals surface area contributed by atoms with Crippen molar-refractivity contribution in [3.05, 3.63) is 42.0 Å². The quantitative estimate of drug-likeness (QED) is 0.780. The van der Waals surface area contributed by atoms with Crippen LogP contribution in [0.5, 0.6) is 5.75 Å². The largest absolute Gasteiger partial charge is 0.508 e. The molecule has 1 aromatic carbocycles. The minimum Gasteiger partial charge on any atom is -0.508 e. The smallest absolute Gasteiger partial charge is 0.115 e. The molecule has 1 aromatic rings. The highest BCUT2D eigenvalue weighted by Crippen LogP contribution is 2.50. The number of hydrogen-bond donors (Lipinski definition) is 1. The molecule has 2 fully saturated rings. The van der Waals surface area contributed by atoms with Crippen molar-refractivity contribution in [2.45, 2.75) is 31.1 Å². The summed E-state index contributed by atoms with van der Waals surface area (Å²) >= 11 is 0. The van der Waals surface area contributed by atoms with Gasteiger partial charge in [0.2, 0.25) is 0 Å². The molecular weight excluding hydrogens is 234 g/mol. The molecule has 19 heavy (non-hydrogen) atoms. The summed E-state index contributed by atoms with van der Waals surface area (Å²) in [6.45, 7) is 6.55. The average Bonchev–Trinajstić information content (AvgIpc) is 2.39. The Morgan fingerprint density at radius 3 is 3.05 bits per heavy atom. The number of fused-ring (bicyclic) bond motifs is 1. The van der Waals surface area contributed by atoms with Crippen LogP contribution in [0.15, 0.2) is 36.4 Å². The topological polar surface area (TPSA) is 23.5 Å². The molecule has 1 heterocycles. The van der Waals surface area contributed by atoms with Crippen molar-refractivity contribution in [1.82, 2.24) is 4.90 Å². The number of rotatable bonds is 1. The van der Waals surface area contributed by atoms with Crippen molar-refractivity contribution in [1.29, 1.82) is 0 Å². The van der Waals surface area contributed by atoms with Gasteiger partial charge in [-0.2, -0.15) is 0 Å². The molecule has 102 valence electrons. The predicted molar refractivity (Wildman–Crippen MR) is 78.4 cm³/mol. The number of piperidine rings is 1. The van der Waals surface area contributed by atoms with E-state index in [0.29, 0.717) is 11.7 Å². The third-order valence-electron chi connectivity index (χ3n) is 5.09. The molecule has 2 aliphatic rings. The summed E-state index contributed by atoms with van der Waals surface area (Å²) < 4.78 is 0. The Morgan fingerprint density at radius 1 is 1.42 bits per heavy atom. The van der Waals surface area contributed by atoms with E-state index in [1.54, 1.807) is 6.07 Å². The van der Waals surface area contributed by atoms with E-state index in [2.05, 4.69) is 24.6 Å². The standard InChI is InChI=1S/C17H23NO/c1-13-6-7-15-12-18(2)9-8-17(15,11-13)14-4-3-5-16(19)10-14/h3-5,10,15,19H,1,6-9,11-12H2,2H3/t15-,17-/m1/s1. The molecule has 1 saturated heterocycles. The minimum absolute atomic E-state index is 0.209. The van der Waals surface area contributed by atoms with Crippen molar-refractivity contribution >= 4 is 0 Å². The fraction of sp³-hybridized carbons (Fsp3) is 0.529. The Morgan fingerprint density at radius 2 is 2.26 bits per heavy atom. The van der Waals surface area contributed by atoms with E-state index in [0.717, 1.165) is 13.0 Å². The zero-order valence-electron chi connectivity index (χ0n) is 11.7. The molecule has 1 aliphatic heterocycles. The Kier molecular flexibility index (Phi) is 3.14. The molecular formula is C17H23NO. The first-order valence-electron chi connectivity index (χ1n) is 7.25. The number of allylic oxidation sites excluding steroid dienone is 1. The van der Waals surface area contributed by atoms with Gasteiger partial charge < -0.3 is 10.0 Å². The fourth-order valence-electron chi connectivity index (χ4n) is 4.05. The molecule has 2 heteroatoms. The van der Waals surface area contributed by atoms with Gasteiger partial charge in [-0.1, -0.05) is 24.3 Å². The van der Waals surface area contributed by atoms with Crippen LogP contribution in [0.3, 0.4) is 0 Å². The van der Waals surface area contributed by atoms with Crippen LogP contribution in [0.4, 0.5) is 0 Å². The van der Waals surface area contributed by atoms with Crippen LogP contribution in [-0.2, 0) is 5.41 Å². The highest BCUT2D eigenvalue weighted by atomic mass is 16.3. The summed E-state index contributed by atoms with van der Waals surface area (Å²) in [5, 5.41) is 9.82. The number of phenolic OH excluding ortho intramolecular Hbond substituents is 1. The molecule has 0 aromatic heterocycles. The normalized spacial score (nSPS) is 32.1. The van der Waals surface area contributed by atoms with Crippen LogP contribution in [0, 0.1) is 5.92 Å². The third kappa shape index (κ3) is 2.18. The van der Waals surface area contributed by atoms with Crippen molar-refractivity contribution in [3.63, 3.8) is 0 Å². The van der Waals surface area contributed by atoms with E-state index < -0.39 is 0 Å². The number of hydrogen-bond acceptors (Lipinski definition) is 2. The maximum Gasteiger partial charge on any atom is 0.115 e. The molecule has 1 saturated carbocycles. The molecule has 3 rings (SSSR count). The number of benzene rings is 1. The number of phenols is 1. The Hall–Kier alpha value is -1.28. The zero-order chi connectivity index (χ0) is 13.5. The van der Waals surface area contributed by atoms with Crippen LogP contribution >= 0.6 is 0 Å². The van der Waals surface area contributed by atoms with Gasteiger partial charge >= 0.3 is 0 Å². The van der Waals surface area contributed by atoms with Crippen molar-refractivity contribution in [2.24, 2.45) is 5.92 Å². The molecule has 0 amide bonds. The highest BCUT2D eigenvalue weighted by Gasteiger charge is 2.45. The highest BCUT2D eigenvalue weighted by molar-refractivity contribution is 5.37. The molecule has 0 spiro atoms. The lowest BCUT2D eigenvalue weighted by Crippen LogP contribution is -2.50. The molecule has 0 radical (unpaired) electrons. The van der Waals surface area contributed by atoms with Gasteiger partial charge in [0, 0.05) is 12.0 Å². The van der Waals surface area contributed by atoms with E-state index in [1.165, 1.54) is 36.9 Å². The maximum atomic E-state index is 9.82. The predicted octanol–water partition coefficient (Wildman–Crippen LogP) is 3.32. The van der Waals surface area contributed by atoms with Crippen molar-refractivity contribution in [3.8, 4) is 5.75 Å². The lowest BCUT2D eigenvalue weighted by atomic mass is 9.58. The van der Waals surface area contributed by atoms with E-state index in [-0.39, 0.29) is 5.41 Å². The summed E-state index contributed by atoms with van der Waals surface area (Å²) in [4.78, 5) is 2.44. The van der Waals surface area contributed by atoms with Gasteiger partial charge in [0.25, 0.3) is 0 Å². The van der Waals surface area contributed by atoms with Gasteiger partial charge in [0.1, 0.15) is 5.75 Å². The Bertz CT molecular complexity index is 496. The van der Waals surface area contributed by atoms with Crippen LogP contribution in [-0.4, -0.2) is 30.1 Å². The van der Waals surface area contributed by atoms with Crippen LogP contribution in [0.2, 0.25) is 0 Å². The first-order valence-corrected chi connectivity index (χ1v) is 7.25. The number of likely N-dealkylation sites (tertiary alicyclic amines) is 1. The van der Waals surface area contributed by atoms with Crippen molar-refractivity contribution < 1.29 is 5.11 Å². The molecule has 1 N–H and O–H groups in total. The van der Waals surface area contributed by atoms with Crippen LogP contribution in [0.25, 0.3) is 0 Å². The minimum atomic E-state index is 0.209. The Balaban J connectivity index is 2.02. The van der Waals surface area contributed by atoms with Crippen LogP contribution in [0.1, 0.15) is 31.2 Å². The van der Waals surface area contributed by atoms with Gasteiger partial charge in [0.05, 0.1) is 0 Å². The molecule has 1 aliphatic carbocycles. The van der Waals surface area contributed by atoms with E-state index in [9.17, 15) is 5.11 Å². The van der Waals surface area contributed by atoms with Gasteiger partial charge in [0.15, 0.2) is 0 Å². The SMILES string of the molecule is C=C1CC[C@@H]2CN(C)CC[C@]2(c2cccc(O)c2)C1. The van der Waals surface area contributed by atoms with Gasteiger partial charge in [-0.15, -0.1) is 0 Å². The first kappa shape index (κ1) is 12.7. The number of nitrogens with zero attached hydrogens (tertiary/aromatic N) is 1. The van der Waals surface area contributed by atoms with Crippen molar-refractivity contribution in [2.75, 3.05) is 20.1 Å². The van der Waals surface area contributed by atoms with E-state index in [4.69, 9.17) is 0 Å². The molecule has 2 atom stereocenters. The summed E-state index contributed by atoms with van der Waals surface area (Å²) in [6, 6.07) is 7.90. The second kappa shape index (κ2) is 4.68. The van der Waals surface area contributed by atoms with E-state index in [1.807, 2.05) is 12.1 Å². The average molecular weight is 257 g/mol. The fourth-order valence-corrected chi connectivity index (χ4v) is 4.05. The lowest BCUT2D eigenvalue weighted by molar-refractivity contribution is 0.0877. The maximum absolute atomic E-state index is 9.82. The third-order valence-corrected chi connectivity index (χ3v) is 5.09. The second-order valence-corrected chi connectivity index (χ2v) is 6.38. The lowest BCUT2D eigenvalue weighted by Gasteiger charge is -2.51. The molecule has 0 bridgehead atoms. The van der Waals surface area contributed by atoms with Gasteiger partial charge in [-0.05, 0) is 62.9 Å². The molecule has 2 nitrogen and oxygen atoms in total. The second-order valence-electron chi connectivity index (χ2n) is 6.38. The molecule has 0 unspecified atom stereocenters. The van der Waals surface area contributed by atoms with Gasteiger partial charge in [-0.3, -0.25) is 0 Å². The number of aromatic hydroxyl groups is 1. The first-order chi connectivity index (χ1) is 9.10. The zero-order valence-corrected chi connectivity index (χ0v) is 11.7. The summed E-state index contributed by atoms with van der Waals surface area (Å²) in [5.74, 6) is 1.08. The van der Waals surface area contributed by atoms with Crippen LogP contribution < -0.4 is 0 Å². The summed E-state index contributed by atoms with van der Waals surface area (Å²) in [6.07, 6.45) is 4.67.